The fourth-order valence-electron chi connectivity index (χ4n) is 2.99. The van der Waals surface area contributed by atoms with Crippen LogP contribution in [0.4, 0.5) is 0 Å². The molecule has 112 valence electrons. The molecule has 1 amide bonds. The van der Waals surface area contributed by atoms with Crippen LogP contribution in [-0.2, 0) is 4.79 Å². The number of hydrogen-bond acceptors (Lipinski definition) is 1. The molecule has 2 heteroatoms. The molecule has 0 spiro atoms. The van der Waals surface area contributed by atoms with E-state index in [4.69, 9.17) is 0 Å². The predicted octanol–water partition coefficient (Wildman–Crippen LogP) is 4.55. The average molecular weight is 275 g/mol. The Morgan fingerprint density at radius 1 is 1.45 bits per heavy atom. The lowest BCUT2D eigenvalue weighted by molar-refractivity contribution is -0.129. The zero-order chi connectivity index (χ0) is 15.4. The van der Waals surface area contributed by atoms with E-state index in [1.807, 2.05) is 24.8 Å². The van der Waals surface area contributed by atoms with E-state index in [0.717, 1.165) is 29.8 Å². The van der Waals surface area contributed by atoms with E-state index in [2.05, 4.69) is 40.3 Å². The van der Waals surface area contributed by atoms with Crippen LogP contribution in [0.2, 0.25) is 0 Å². The van der Waals surface area contributed by atoms with E-state index in [0.29, 0.717) is 11.8 Å². The normalized spacial score (nSPS) is 25.2. The van der Waals surface area contributed by atoms with Crippen LogP contribution in [0.15, 0.2) is 35.6 Å². The van der Waals surface area contributed by atoms with E-state index in [1.165, 1.54) is 0 Å². The van der Waals surface area contributed by atoms with Gasteiger partial charge in [0.15, 0.2) is 0 Å². The number of allylic oxidation sites excluding steroid dienone is 4. The van der Waals surface area contributed by atoms with Crippen molar-refractivity contribution >= 4 is 5.91 Å². The minimum atomic E-state index is 0.120. The molecule has 0 aromatic carbocycles. The second-order valence-electron chi connectivity index (χ2n) is 6.33. The van der Waals surface area contributed by atoms with Crippen molar-refractivity contribution in [3.63, 3.8) is 0 Å². The van der Waals surface area contributed by atoms with Gasteiger partial charge >= 0.3 is 0 Å². The standard InChI is InChI=1S/C18H29NO/c1-8-13(5)17(14(6)9-2)19-11-16(10-12(3)4)15(7)18(19)20/h8-9,12,15-16H,1,10-11H2,2-7H3/b14-9-,17-13+. The Balaban J connectivity index is 3.12. The summed E-state index contributed by atoms with van der Waals surface area (Å²) in [5.74, 6) is 1.47. The van der Waals surface area contributed by atoms with Gasteiger partial charge in [0.05, 0.1) is 0 Å². The third-order valence-corrected chi connectivity index (χ3v) is 4.31. The molecule has 1 saturated heterocycles. The van der Waals surface area contributed by atoms with Crippen LogP contribution in [0, 0.1) is 17.8 Å². The summed E-state index contributed by atoms with van der Waals surface area (Å²) in [5, 5.41) is 0. The minimum absolute atomic E-state index is 0.120. The van der Waals surface area contributed by atoms with Crippen molar-refractivity contribution in [3.05, 3.63) is 35.6 Å². The van der Waals surface area contributed by atoms with Gasteiger partial charge in [-0.2, -0.15) is 0 Å². The van der Waals surface area contributed by atoms with Crippen LogP contribution in [0.25, 0.3) is 0 Å². The van der Waals surface area contributed by atoms with E-state index < -0.39 is 0 Å². The maximum atomic E-state index is 12.6. The van der Waals surface area contributed by atoms with Crippen LogP contribution in [0.3, 0.4) is 0 Å². The quantitative estimate of drug-likeness (QED) is 0.674. The molecule has 1 heterocycles. The number of amides is 1. The predicted molar refractivity (Wildman–Crippen MR) is 86.2 cm³/mol. The first-order valence-electron chi connectivity index (χ1n) is 7.61. The SMILES string of the molecule is C=C/C(C)=C(\C(C)=C/C)N1CC(CC(C)C)C(C)C1=O. The maximum absolute atomic E-state index is 12.6. The summed E-state index contributed by atoms with van der Waals surface area (Å²) < 4.78 is 0. The summed E-state index contributed by atoms with van der Waals surface area (Å²) in [5.41, 5.74) is 3.27. The highest BCUT2D eigenvalue weighted by Crippen LogP contribution is 2.35. The van der Waals surface area contributed by atoms with Gasteiger partial charge in [-0.15, -0.1) is 0 Å². The number of rotatable bonds is 5. The summed E-state index contributed by atoms with van der Waals surface area (Å²) >= 11 is 0. The highest BCUT2D eigenvalue weighted by atomic mass is 16.2. The Morgan fingerprint density at radius 3 is 2.50 bits per heavy atom. The Hall–Kier alpha value is -1.31. The van der Waals surface area contributed by atoms with Crippen molar-refractivity contribution in [2.24, 2.45) is 17.8 Å². The summed E-state index contributed by atoms with van der Waals surface area (Å²) in [6, 6.07) is 0. The molecule has 2 nitrogen and oxygen atoms in total. The monoisotopic (exact) mass is 275 g/mol. The lowest BCUT2D eigenvalue weighted by Gasteiger charge is -2.23. The Kier molecular flexibility index (Phi) is 5.79. The molecule has 1 aliphatic rings. The summed E-state index contributed by atoms with van der Waals surface area (Å²) in [6.45, 7) is 17.3. The van der Waals surface area contributed by atoms with Crippen molar-refractivity contribution in [1.29, 1.82) is 0 Å². The van der Waals surface area contributed by atoms with E-state index in [1.54, 1.807) is 0 Å². The highest BCUT2D eigenvalue weighted by Gasteiger charge is 2.39. The first-order chi connectivity index (χ1) is 9.33. The first-order valence-corrected chi connectivity index (χ1v) is 7.61. The molecule has 1 fully saturated rings. The molecular formula is C18H29NO. The lowest BCUT2D eigenvalue weighted by Crippen LogP contribution is -2.27. The van der Waals surface area contributed by atoms with Gasteiger partial charge in [0.25, 0.3) is 0 Å². The van der Waals surface area contributed by atoms with Gasteiger partial charge in [-0.1, -0.05) is 39.5 Å². The van der Waals surface area contributed by atoms with Gasteiger partial charge in [0.1, 0.15) is 0 Å². The Bertz CT molecular complexity index is 442. The Morgan fingerprint density at radius 2 is 2.05 bits per heavy atom. The minimum Gasteiger partial charge on any atom is -0.311 e. The lowest BCUT2D eigenvalue weighted by atomic mass is 9.89. The number of carbonyl (C=O) groups is 1. The van der Waals surface area contributed by atoms with E-state index >= 15 is 0 Å². The van der Waals surface area contributed by atoms with E-state index in [9.17, 15) is 4.79 Å². The second kappa shape index (κ2) is 6.92. The third kappa shape index (κ3) is 3.41. The van der Waals surface area contributed by atoms with Crippen LogP contribution in [0.5, 0.6) is 0 Å². The van der Waals surface area contributed by atoms with Crippen molar-refractivity contribution in [3.8, 4) is 0 Å². The molecule has 0 aliphatic carbocycles. The smallest absolute Gasteiger partial charge is 0.230 e. The molecule has 1 rings (SSSR count). The molecule has 0 N–H and O–H groups in total. The van der Waals surface area contributed by atoms with Crippen molar-refractivity contribution < 1.29 is 4.79 Å². The molecule has 1 aliphatic heterocycles. The van der Waals surface area contributed by atoms with Gasteiger partial charge in [-0.05, 0) is 50.2 Å². The van der Waals surface area contributed by atoms with Gasteiger partial charge in [-0.25, -0.2) is 0 Å². The van der Waals surface area contributed by atoms with Gasteiger partial charge in [0, 0.05) is 18.2 Å². The van der Waals surface area contributed by atoms with Gasteiger partial charge in [0.2, 0.25) is 5.91 Å². The highest BCUT2D eigenvalue weighted by molar-refractivity contribution is 5.84. The molecule has 2 unspecified atom stereocenters. The average Bonchev–Trinajstić information content (AvgIpc) is 2.66. The molecule has 0 aromatic heterocycles. The fraction of sp³-hybridized carbons (Fsp3) is 0.611. The zero-order valence-electron chi connectivity index (χ0n) is 13.9. The number of nitrogens with zero attached hydrogens (tertiary/aromatic N) is 1. The van der Waals surface area contributed by atoms with Crippen LogP contribution in [0.1, 0.15) is 48.0 Å². The fourth-order valence-corrected chi connectivity index (χ4v) is 2.99. The summed E-state index contributed by atoms with van der Waals surface area (Å²) in [6.07, 6.45) is 5.02. The third-order valence-electron chi connectivity index (χ3n) is 4.31. The number of carbonyl (C=O) groups excluding carboxylic acids is 1. The number of likely N-dealkylation sites (tertiary alicyclic amines) is 1. The maximum Gasteiger partial charge on any atom is 0.230 e. The van der Waals surface area contributed by atoms with Crippen LogP contribution >= 0.6 is 0 Å². The summed E-state index contributed by atoms with van der Waals surface area (Å²) in [7, 11) is 0. The molecular weight excluding hydrogens is 246 g/mol. The molecule has 2 atom stereocenters. The molecule has 0 aromatic rings. The molecule has 0 radical (unpaired) electrons. The van der Waals surface area contributed by atoms with Gasteiger partial charge in [-0.3, -0.25) is 4.79 Å². The van der Waals surface area contributed by atoms with Crippen molar-refractivity contribution in [1.82, 2.24) is 4.90 Å². The zero-order valence-corrected chi connectivity index (χ0v) is 13.9. The first kappa shape index (κ1) is 16.7. The van der Waals surface area contributed by atoms with Gasteiger partial charge < -0.3 is 4.90 Å². The topological polar surface area (TPSA) is 20.3 Å². The van der Waals surface area contributed by atoms with E-state index in [-0.39, 0.29) is 11.8 Å². The molecule has 0 bridgehead atoms. The van der Waals surface area contributed by atoms with Crippen LogP contribution in [-0.4, -0.2) is 17.4 Å². The number of hydrogen-bond donors (Lipinski definition) is 0. The Labute approximate surface area is 124 Å². The van der Waals surface area contributed by atoms with Crippen molar-refractivity contribution in [2.45, 2.75) is 48.0 Å². The van der Waals surface area contributed by atoms with Crippen molar-refractivity contribution in [2.75, 3.05) is 6.54 Å². The summed E-state index contributed by atoms with van der Waals surface area (Å²) in [4.78, 5) is 14.6. The largest absolute Gasteiger partial charge is 0.311 e. The molecule has 20 heavy (non-hydrogen) atoms. The van der Waals surface area contributed by atoms with Crippen LogP contribution < -0.4 is 0 Å². The second-order valence-corrected chi connectivity index (χ2v) is 6.33. The molecule has 0 saturated carbocycles.